The first-order chi connectivity index (χ1) is 12.4. The first-order valence-electron chi connectivity index (χ1n) is 7.94. The number of rotatable bonds is 5. The molecular weight excluding hydrogens is 360 g/mol. The average molecular weight is 378 g/mol. The summed E-state index contributed by atoms with van der Waals surface area (Å²) in [6, 6.07) is 7.25. The van der Waals surface area contributed by atoms with Gasteiger partial charge in [-0.3, -0.25) is 9.59 Å². The molecule has 1 N–H and O–H groups in total. The third-order valence-electron chi connectivity index (χ3n) is 4.05. The Balaban J connectivity index is 1.70. The largest absolute Gasteiger partial charge is 0.360 e. The Kier molecular flexibility index (Phi) is 5.05. The highest BCUT2D eigenvalue weighted by atomic mass is 32.2. The predicted octanol–water partition coefficient (Wildman–Crippen LogP) is 0.698. The minimum Gasteiger partial charge on any atom is -0.360 e. The van der Waals surface area contributed by atoms with Crippen molar-refractivity contribution < 1.29 is 22.5 Å². The van der Waals surface area contributed by atoms with Gasteiger partial charge in [0.2, 0.25) is 16.4 Å². The van der Waals surface area contributed by atoms with Crippen molar-refractivity contribution in [2.75, 3.05) is 31.5 Å². The predicted molar refractivity (Wildman–Crippen MR) is 92.0 cm³/mol. The molecule has 26 heavy (non-hydrogen) atoms. The number of carbonyl (C=O) groups is 2. The molecule has 2 amide bonds. The SMILES string of the molecule is Cc1cc(NC(=O)c2ccc(S(=O)(=O)N3CCN(C=O)CC3)cc2)no1. The number of sulfonamides is 1. The number of hydrogen-bond donors (Lipinski definition) is 1. The Bertz CT molecular complexity index is 899. The molecule has 2 heterocycles. The Morgan fingerprint density at radius 3 is 2.38 bits per heavy atom. The lowest BCUT2D eigenvalue weighted by molar-refractivity contribution is -0.119. The van der Waals surface area contributed by atoms with E-state index in [1.54, 1.807) is 13.0 Å². The second kappa shape index (κ2) is 7.26. The standard InChI is InChI=1S/C16H18N4O5S/c1-12-10-15(18-25-12)17-16(22)13-2-4-14(5-3-13)26(23,24)20-8-6-19(11-21)7-9-20/h2-5,10-11H,6-9H2,1H3,(H,17,18,22). The third kappa shape index (κ3) is 3.75. The van der Waals surface area contributed by atoms with Crippen molar-refractivity contribution in [3.05, 3.63) is 41.7 Å². The molecule has 138 valence electrons. The van der Waals surface area contributed by atoms with E-state index in [0.29, 0.717) is 30.8 Å². The van der Waals surface area contributed by atoms with Crippen LogP contribution in [0.4, 0.5) is 5.82 Å². The first-order valence-corrected chi connectivity index (χ1v) is 9.38. The zero-order valence-corrected chi connectivity index (χ0v) is 14.9. The quantitative estimate of drug-likeness (QED) is 0.766. The number of nitrogens with zero attached hydrogens (tertiary/aromatic N) is 3. The van der Waals surface area contributed by atoms with Crippen LogP contribution in [-0.4, -0.2) is 61.3 Å². The lowest BCUT2D eigenvalue weighted by Crippen LogP contribution is -2.47. The van der Waals surface area contributed by atoms with Gasteiger partial charge in [-0.2, -0.15) is 4.31 Å². The van der Waals surface area contributed by atoms with Gasteiger partial charge in [-0.1, -0.05) is 5.16 Å². The number of aryl methyl sites for hydroxylation is 1. The van der Waals surface area contributed by atoms with Crippen molar-refractivity contribution in [2.45, 2.75) is 11.8 Å². The summed E-state index contributed by atoms with van der Waals surface area (Å²) in [6.07, 6.45) is 0.716. The Labute approximate surface area is 150 Å². The van der Waals surface area contributed by atoms with Crippen LogP contribution in [0, 0.1) is 6.92 Å². The number of piperazine rings is 1. The van der Waals surface area contributed by atoms with Gasteiger partial charge in [0, 0.05) is 37.8 Å². The maximum atomic E-state index is 12.7. The summed E-state index contributed by atoms with van der Waals surface area (Å²) < 4.78 is 31.5. The van der Waals surface area contributed by atoms with Gasteiger partial charge in [0.25, 0.3) is 5.91 Å². The minimum absolute atomic E-state index is 0.103. The summed E-state index contributed by atoms with van der Waals surface area (Å²) in [5.41, 5.74) is 0.301. The molecule has 10 heteroatoms. The van der Waals surface area contributed by atoms with Crippen LogP contribution in [0.1, 0.15) is 16.1 Å². The van der Waals surface area contributed by atoms with Crippen LogP contribution in [0.5, 0.6) is 0 Å². The first kappa shape index (κ1) is 18.1. The molecule has 1 aliphatic rings. The van der Waals surface area contributed by atoms with E-state index < -0.39 is 15.9 Å². The number of amides is 2. The van der Waals surface area contributed by atoms with Crippen molar-refractivity contribution in [1.29, 1.82) is 0 Å². The normalized spacial score (nSPS) is 15.7. The van der Waals surface area contributed by atoms with Crippen LogP contribution in [-0.2, 0) is 14.8 Å². The van der Waals surface area contributed by atoms with E-state index in [2.05, 4.69) is 10.5 Å². The maximum absolute atomic E-state index is 12.7. The van der Waals surface area contributed by atoms with Gasteiger partial charge >= 0.3 is 0 Å². The molecule has 0 spiro atoms. The Morgan fingerprint density at radius 2 is 1.85 bits per heavy atom. The van der Waals surface area contributed by atoms with Crippen molar-refractivity contribution in [3.8, 4) is 0 Å². The van der Waals surface area contributed by atoms with Crippen LogP contribution in [0.3, 0.4) is 0 Å². The van der Waals surface area contributed by atoms with Crippen LogP contribution in [0.2, 0.25) is 0 Å². The molecule has 9 nitrogen and oxygen atoms in total. The van der Waals surface area contributed by atoms with Crippen LogP contribution in [0.25, 0.3) is 0 Å². The molecule has 2 aromatic rings. The maximum Gasteiger partial charge on any atom is 0.256 e. The number of aromatic nitrogens is 1. The fourth-order valence-electron chi connectivity index (χ4n) is 2.59. The molecule has 1 aliphatic heterocycles. The minimum atomic E-state index is -3.66. The van der Waals surface area contributed by atoms with Crippen molar-refractivity contribution in [3.63, 3.8) is 0 Å². The van der Waals surface area contributed by atoms with E-state index in [0.717, 1.165) is 0 Å². The van der Waals surface area contributed by atoms with E-state index in [9.17, 15) is 18.0 Å². The fourth-order valence-corrected chi connectivity index (χ4v) is 4.01. The number of carbonyl (C=O) groups excluding carboxylic acids is 2. The smallest absolute Gasteiger partial charge is 0.256 e. The van der Waals surface area contributed by atoms with Gasteiger partial charge in [-0.25, -0.2) is 8.42 Å². The molecule has 1 fully saturated rings. The molecule has 1 aromatic carbocycles. The molecule has 0 radical (unpaired) electrons. The molecule has 1 aromatic heterocycles. The van der Waals surface area contributed by atoms with Crippen molar-refractivity contribution in [1.82, 2.24) is 14.4 Å². The Morgan fingerprint density at radius 1 is 1.19 bits per heavy atom. The lowest BCUT2D eigenvalue weighted by atomic mass is 10.2. The summed E-state index contributed by atoms with van der Waals surface area (Å²) in [7, 11) is -3.66. The molecule has 0 unspecified atom stereocenters. The van der Waals surface area contributed by atoms with Crippen LogP contribution < -0.4 is 5.32 Å². The fraction of sp³-hybridized carbons (Fsp3) is 0.312. The zero-order chi connectivity index (χ0) is 18.7. The third-order valence-corrected chi connectivity index (χ3v) is 5.96. The topological polar surface area (TPSA) is 113 Å². The summed E-state index contributed by atoms with van der Waals surface area (Å²) in [5.74, 6) is 0.440. The molecule has 0 aliphatic carbocycles. The lowest BCUT2D eigenvalue weighted by Gasteiger charge is -2.31. The molecule has 1 saturated heterocycles. The highest BCUT2D eigenvalue weighted by Gasteiger charge is 2.28. The molecule has 3 rings (SSSR count). The number of anilines is 1. The van der Waals surface area contributed by atoms with Gasteiger partial charge in [0.15, 0.2) is 5.82 Å². The summed E-state index contributed by atoms with van der Waals surface area (Å²) in [6.45, 7) is 2.92. The van der Waals surface area contributed by atoms with Crippen molar-refractivity contribution >= 4 is 28.2 Å². The van der Waals surface area contributed by atoms with Gasteiger partial charge < -0.3 is 14.7 Å². The van der Waals surface area contributed by atoms with Crippen LogP contribution >= 0.6 is 0 Å². The van der Waals surface area contributed by atoms with E-state index in [1.807, 2.05) is 0 Å². The number of benzene rings is 1. The van der Waals surface area contributed by atoms with E-state index in [-0.39, 0.29) is 23.8 Å². The second-order valence-electron chi connectivity index (χ2n) is 5.85. The number of hydrogen-bond acceptors (Lipinski definition) is 6. The summed E-state index contributed by atoms with van der Waals surface area (Å²) >= 11 is 0. The van der Waals surface area contributed by atoms with E-state index >= 15 is 0 Å². The molecule has 0 bridgehead atoms. The zero-order valence-electron chi connectivity index (χ0n) is 14.1. The van der Waals surface area contributed by atoms with Gasteiger partial charge in [-0.15, -0.1) is 0 Å². The van der Waals surface area contributed by atoms with Gasteiger partial charge in [0.1, 0.15) is 5.76 Å². The molecule has 0 saturated carbocycles. The molecule has 0 atom stereocenters. The molecular formula is C16H18N4O5S. The Hall–Kier alpha value is -2.72. The summed E-state index contributed by atoms with van der Waals surface area (Å²) in [4.78, 5) is 24.5. The average Bonchev–Trinajstić information content (AvgIpc) is 3.06. The monoisotopic (exact) mass is 378 g/mol. The van der Waals surface area contributed by atoms with Gasteiger partial charge in [-0.05, 0) is 31.2 Å². The van der Waals surface area contributed by atoms with E-state index in [4.69, 9.17) is 4.52 Å². The second-order valence-corrected chi connectivity index (χ2v) is 7.78. The highest BCUT2D eigenvalue weighted by molar-refractivity contribution is 7.89. The van der Waals surface area contributed by atoms with Crippen LogP contribution in [0.15, 0.2) is 39.8 Å². The van der Waals surface area contributed by atoms with Crippen molar-refractivity contribution in [2.24, 2.45) is 0 Å². The highest BCUT2D eigenvalue weighted by Crippen LogP contribution is 2.18. The van der Waals surface area contributed by atoms with E-state index in [1.165, 1.54) is 33.5 Å². The van der Waals surface area contributed by atoms with Gasteiger partial charge in [0.05, 0.1) is 4.90 Å². The summed E-state index contributed by atoms with van der Waals surface area (Å²) in [5, 5.41) is 6.24. The number of nitrogens with one attached hydrogen (secondary N) is 1.